The molecule has 170 valence electrons. The van der Waals surface area contributed by atoms with Gasteiger partial charge in [0.1, 0.15) is 11.9 Å². The van der Waals surface area contributed by atoms with Crippen molar-refractivity contribution in [2.24, 2.45) is 0 Å². The molecule has 4 rings (SSSR count). The number of anilines is 2. The van der Waals surface area contributed by atoms with Crippen molar-refractivity contribution in [3.63, 3.8) is 0 Å². The quantitative estimate of drug-likeness (QED) is 0.536. The average molecular weight is 445 g/mol. The number of hydrogen-bond acceptors (Lipinski definition) is 4. The van der Waals surface area contributed by atoms with E-state index < -0.39 is 6.10 Å². The maximum Gasteiger partial charge on any atom is 0.255 e. The summed E-state index contributed by atoms with van der Waals surface area (Å²) in [5, 5.41) is 0. The Labute approximate surface area is 194 Å². The second-order valence-corrected chi connectivity index (χ2v) is 8.00. The molecule has 1 aliphatic heterocycles. The lowest BCUT2D eigenvalue weighted by Gasteiger charge is -2.27. The summed E-state index contributed by atoms with van der Waals surface area (Å²) in [6.45, 7) is 2.81. The minimum Gasteiger partial charge on any atom is -0.497 e. The fourth-order valence-corrected chi connectivity index (χ4v) is 3.96. The molecule has 0 aliphatic carbocycles. The normalized spacial score (nSPS) is 14.4. The number of rotatable bonds is 7. The van der Waals surface area contributed by atoms with E-state index in [-0.39, 0.29) is 18.2 Å². The first-order valence-electron chi connectivity index (χ1n) is 11.1. The summed E-state index contributed by atoms with van der Waals surface area (Å²) in [5.74, 6) is 0.569. The van der Waals surface area contributed by atoms with Crippen molar-refractivity contribution in [1.29, 1.82) is 0 Å². The zero-order valence-electron chi connectivity index (χ0n) is 18.9. The summed E-state index contributed by atoms with van der Waals surface area (Å²) in [6, 6.07) is 25.0. The third-order valence-electron chi connectivity index (χ3n) is 5.75. The van der Waals surface area contributed by atoms with E-state index >= 15 is 0 Å². The fraction of sp³-hybridized carbons (Fsp3) is 0.259. The molecule has 0 N–H and O–H groups in total. The van der Waals surface area contributed by atoms with Gasteiger partial charge in [-0.15, -0.1) is 0 Å². The van der Waals surface area contributed by atoms with E-state index in [4.69, 9.17) is 9.47 Å². The van der Waals surface area contributed by atoms with Crippen LogP contribution in [-0.2, 0) is 27.5 Å². The third-order valence-corrected chi connectivity index (χ3v) is 5.75. The third kappa shape index (κ3) is 5.23. The molecule has 0 radical (unpaired) electrons. The number of para-hydroxylation sites is 2. The largest absolute Gasteiger partial charge is 0.497 e. The van der Waals surface area contributed by atoms with Crippen LogP contribution in [-0.4, -0.2) is 31.6 Å². The van der Waals surface area contributed by atoms with Gasteiger partial charge in [0.25, 0.3) is 5.91 Å². The number of nitrogens with zero attached hydrogens (tertiary/aromatic N) is 2. The van der Waals surface area contributed by atoms with Crippen molar-refractivity contribution in [2.45, 2.75) is 32.6 Å². The van der Waals surface area contributed by atoms with Crippen molar-refractivity contribution in [3.05, 3.63) is 90.0 Å². The van der Waals surface area contributed by atoms with Gasteiger partial charge < -0.3 is 19.3 Å². The Morgan fingerprint density at radius 3 is 2.39 bits per heavy atom. The molecule has 1 heterocycles. The number of methoxy groups -OCH3 is 1. The van der Waals surface area contributed by atoms with Crippen LogP contribution in [0.15, 0.2) is 78.9 Å². The van der Waals surface area contributed by atoms with Crippen molar-refractivity contribution in [1.82, 2.24) is 0 Å². The van der Waals surface area contributed by atoms with Gasteiger partial charge in [-0.1, -0.05) is 54.6 Å². The SMILES string of the molecule is COc1cccc(CO[C@@H](C)C(=O)N2CCC(=O)N(Cc3ccccc3)c3ccccc32)c1. The van der Waals surface area contributed by atoms with Gasteiger partial charge in [-0.05, 0) is 42.3 Å². The van der Waals surface area contributed by atoms with Crippen molar-refractivity contribution in [2.75, 3.05) is 23.5 Å². The Bertz CT molecular complexity index is 1120. The molecule has 1 atom stereocenters. The van der Waals surface area contributed by atoms with E-state index in [1.54, 1.807) is 23.8 Å². The van der Waals surface area contributed by atoms with Gasteiger partial charge in [-0.2, -0.15) is 0 Å². The Morgan fingerprint density at radius 2 is 1.64 bits per heavy atom. The summed E-state index contributed by atoms with van der Waals surface area (Å²) >= 11 is 0. The molecule has 2 amide bonds. The van der Waals surface area contributed by atoms with E-state index in [9.17, 15) is 9.59 Å². The molecule has 0 saturated carbocycles. The van der Waals surface area contributed by atoms with Gasteiger partial charge >= 0.3 is 0 Å². The van der Waals surface area contributed by atoms with E-state index in [2.05, 4.69) is 0 Å². The molecule has 0 unspecified atom stereocenters. The molecule has 0 spiro atoms. The van der Waals surface area contributed by atoms with Crippen LogP contribution in [0.5, 0.6) is 5.75 Å². The molecule has 6 heteroatoms. The highest BCUT2D eigenvalue weighted by molar-refractivity contribution is 6.06. The number of hydrogen-bond donors (Lipinski definition) is 0. The summed E-state index contributed by atoms with van der Waals surface area (Å²) < 4.78 is 11.2. The first kappa shape index (κ1) is 22.6. The van der Waals surface area contributed by atoms with Crippen molar-refractivity contribution in [3.8, 4) is 5.75 Å². The summed E-state index contributed by atoms with van der Waals surface area (Å²) in [4.78, 5) is 29.9. The predicted octanol–water partition coefficient (Wildman–Crippen LogP) is 4.57. The Kier molecular flexibility index (Phi) is 7.05. The number of carbonyl (C=O) groups is 2. The highest BCUT2D eigenvalue weighted by atomic mass is 16.5. The molecule has 0 saturated heterocycles. The lowest BCUT2D eigenvalue weighted by atomic mass is 10.1. The van der Waals surface area contributed by atoms with Gasteiger partial charge in [0.05, 0.1) is 31.6 Å². The lowest BCUT2D eigenvalue weighted by Crippen LogP contribution is -2.39. The standard InChI is InChI=1S/C27H28N2O4/c1-20(33-19-22-11-8-12-23(17-22)32-2)27(31)28-16-15-26(30)29(18-21-9-4-3-5-10-21)25-14-7-6-13-24(25)28/h3-14,17,20H,15-16,18-19H2,1-2H3/t20-/m0/s1. The highest BCUT2D eigenvalue weighted by Crippen LogP contribution is 2.34. The maximum atomic E-state index is 13.4. The van der Waals surface area contributed by atoms with Crippen molar-refractivity contribution >= 4 is 23.2 Å². The van der Waals surface area contributed by atoms with Gasteiger partial charge in [0, 0.05) is 13.0 Å². The predicted molar refractivity (Wildman–Crippen MR) is 128 cm³/mol. The van der Waals surface area contributed by atoms with E-state index in [1.807, 2.05) is 78.9 Å². The summed E-state index contributed by atoms with van der Waals surface area (Å²) in [5.41, 5.74) is 3.42. The number of fused-ring (bicyclic) bond motifs is 1. The van der Waals surface area contributed by atoms with Gasteiger partial charge in [0.2, 0.25) is 5.91 Å². The van der Waals surface area contributed by atoms with E-state index in [0.717, 1.165) is 28.3 Å². The summed E-state index contributed by atoms with van der Waals surface area (Å²) in [7, 11) is 1.62. The molecule has 0 aromatic heterocycles. The Morgan fingerprint density at radius 1 is 0.939 bits per heavy atom. The summed E-state index contributed by atoms with van der Waals surface area (Å²) in [6.07, 6.45) is -0.421. The van der Waals surface area contributed by atoms with Crippen LogP contribution in [0, 0.1) is 0 Å². The minimum atomic E-state index is -0.667. The zero-order chi connectivity index (χ0) is 23.2. The van der Waals surface area contributed by atoms with Crippen LogP contribution in [0.4, 0.5) is 11.4 Å². The van der Waals surface area contributed by atoms with Crippen LogP contribution in [0.2, 0.25) is 0 Å². The Balaban J connectivity index is 1.53. The fourth-order valence-electron chi connectivity index (χ4n) is 3.96. The Hall–Kier alpha value is -3.64. The molecular formula is C27H28N2O4. The second-order valence-electron chi connectivity index (χ2n) is 8.00. The van der Waals surface area contributed by atoms with Crippen LogP contribution < -0.4 is 14.5 Å². The monoisotopic (exact) mass is 444 g/mol. The van der Waals surface area contributed by atoms with E-state index in [1.165, 1.54) is 0 Å². The molecule has 6 nitrogen and oxygen atoms in total. The zero-order valence-corrected chi connectivity index (χ0v) is 18.9. The van der Waals surface area contributed by atoms with Crippen molar-refractivity contribution < 1.29 is 19.1 Å². The first-order chi connectivity index (χ1) is 16.1. The van der Waals surface area contributed by atoms with Crippen LogP contribution in [0.1, 0.15) is 24.5 Å². The minimum absolute atomic E-state index is 0.00782. The molecule has 1 aliphatic rings. The van der Waals surface area contributed by atoms with Gasteiger partial charge in [-0.3, -0.25) is 9.59 Å². The number of benzene rings is 3. The van der Waals surface area contributed by atoms with Gasteiger partial charge in [0.15, 0.2) is 0 Å². The molecule has 3 aromatic rings. The van der Waals surface area contributed by atoms with Crippen LogP contribution in [0.3, 0.4) is 0 Å². The van der Waals surface area contributed by atoms with Crippen LogP contribution in [0.25, 0.3) is 0 Å². The van der Waals surface area contributed by atoms with Gasteiger partial charge in [-0.25, -0.2) is 0 Å². The number of ether oxygens (including phenoxy) is 2. The lowest BCUT2D eigenvalue weighted by molar-refractivity contribution is -0.129. The molecule has 3 aromatic carbocycles. The second kappa shape index (κ2) is 10.3. The first-order valence-corrected chi connectivity index (χ1v) is 11.1. The average Bonchev–Trinajstić information content (AvgIpc) is 2.99. The maximum absolute atomic E-state index is 13.4. The number of carbonyl (C=O) groups excluding carboxylic acids is 2. The molecule has 0 fully saturated rings. The van der Waals surface area contributed by atoms with E-state index in [0.29, 0.717) is 19.7 Å². The number of amides is 2. The molecule has 33 heavy (non-hydrogen) atoms. The molecular weight excluding hydrogens is 416 g/mol. The molecule has 0 bridgehead atoms. The smallest absolute Gasteiger partial charge is 0.255 e. The topological polar surface area (TPSA) is 59.1 Å². The van der Waals surface area contributed by atoms with Crippen LogP contribution >= 0.6 is 0 Å². The highest BCUT2D eigenvalue weighted by Gasteiger charge is 2.31.